The van der Waals surface area contributed by atoms with Crippen LogP contribution in [0.1, 0.15) is 26.5 Å². The predicted octanol–water partition coefficient (Wildman–Crippen LogP) is 3.02. The fraction of sp³-hybridized carbons (Fsp3) is 0.318. The number of rotatable bonds is 7. The van der Waals surface area contributed by atoms with Crippen LogP contribution < -0.4 is 5.32 Å². The molecule has 7 nitrogen and oxygen atoms in total. The van der Waals surface area contributed by atoms with E-state index < -0.39 is 29.8 Å². The lowest BCUT2D eigenvalue weighted by molar-refractivity contribution is -0.148. The first-order chi connectivity index (χ1) is 14.0. The normalized spacial score (nSPS) is 11.4. The van der Waals surface area contributed by atoms with Crippen molar-refractivity contribution in [1.82, 2.24) is 10.2 Å². The number of carbonyl (C=O) groups excluding carboxylic acids is 3. The van der Waals surface area contributed by atoms with Crippen molar-refractivity contribution in [1.29, 1.82) is 0 Å². The van der Waals surface area contributed by atoms with E-state index in [0.29, 0.717) is 17.1 Å². The molecular formula is C22H25FN2O5. The first-order valence-corrected chi connectivity index (χ1v) is 9.30. The Morgan fingerprint density at radius 3 is 2.53 bits per heavy atom. The Hall–Kier alpha value is -3.42. The van der Waals surface area contributed by atoms with E-state index in [0.717, 1.165) is 6.08 Å². The molecule has 0 fully saturated rings. The van der Waals surface area contributed by atoms with Crippen molar-refractivity contribution in [2.75, 3.05) is 20.2 Å². The van der Waals surface area contributed by atoms with Gasteiger partial charge in [-0.3, -0.25) is 9.59 Å². The number of likely N-dealkylation sites (N-methyl/N-ethyl adjacent to an activating group) is 1. The van der Waals surface area contributed by atoms with Gasteiger partial charge in [-0.1, -0.05) is 12.1 Å². The summed E-state index contributed by atoms with van der Waals surface area (Å²) in [5, 5.41) is 2.74. The Kier molecular flexibility index (Phi) is 7.52. The molecule has 8 heteroatoms. The van der Waals surface area contributed by atoms with Gasteiger partial charge in [-0.05, 0) is 51.1 Å². The lowest BCUT2D eigenvalue weighted by atomic mass is 10.1. The molecule has 0 aliphatic heterocycles. The Labute approximate surface area is 174 Å². The second-order valence-corrected chi connectivity index (χ2v) is 7.67. The van der Waals surface area contributed by atoms with Gasteiger partial charge in [0.15, 0.2) is 6.61 Å². The van der Waals surface area contributed by atoms with Gasteiger partial charge in [0.1, 0.15) is 17.3 Å². The Bertz CT molecular complexity index is 943. The minimum Gasteiger partial charge on any atom is -0.457 e. The number of ether oxygens (including phenoxy) is 1. The van der Waals surface area contributed by atoms with E-state index in [9.17, 15) is 18.8 Å². The van der Waals surface area contributed by atoms with Gasteiger partial charge in [0, 0.05) is 18.7 Å². The van der Waals surface area contributed by atoms with Crippen molar-refractivity contribution < 1.29 is 27.9 Å². The first-order valence-electron chi connectivity index (χ1n) is 9.30. The molecule has 1 N–H and O–H groups in total. The number of amides is 2. The summed E-state index contributed by atoms with van der Waals surface area (Å²) in [5.41, 5.74) is -0.0974. The fourth-order valence-electron chi connectivity index (χ4n) is 2.45. The zero-order chi connectivity index (χ0) is 22.3. The molecule has 0 spiro atoms. The molecule has 0 radical (unpaired) electrons. The summed E-state index contributed by atoms with van der Waals surface area (Å²) in [5.74, 6) is -1.34. The average molecular weight is 416 g/mol. The average Bonchev–Trinajstić information content (AvgIpc) is 3.11. The highest BCUT2D eigenvalue weighted by molar-refractivity contribution is 5.90. The maximum absolute atomic E-state index is 13.8. The molecule has 0 aliphatic carbocycles. The minimum atomic E-state index is -0.750. The summed E-state index contributed by atoms with van der Waals surface area (Å²) in [4.78, 5) is 36.8. The number of hydrogen-bond acceptors (Lipinski definition) is 5. The Morgan fingerprint density at radius 2 is 1.87 bits per heavy atom. The Morgan fingerprint density at radius 1 is 1.17 bits per heavy atom. The number of furan rings is 1. The van der Waals surface area contributed by atoms with Crippen LogP contribution in [0.5, 0.6) is 0 Å². The summed E-state index contributed by atoms with van der Waals surface area (Å²) >= 11 is 0. The van der Waals surface area contributed by atoms with E-state index in [2.05, 4.69) is 5.32 Å². The lowest BCUT2D eigenvalue weighted by Gasteiger charge is -2.23. The quantitative estimate of drug-likeness (QED) is 0.554. The van der Waals surface area contributed by atoms with E-state index >= 15 is 0 Å². The van der Waals surface area contributed by atoms with Gasteiger partial charge < -0.3 is 19.4 Å². The highest BCUT2D eigenvalue weighted by Crippen LogP contribution is 2.25. The molecule has 160 valence electrons. The molecule has 0 bridgehead atoms. The largest absolute Gasteiger partial charge is 0.457 e. The second kappa shape index (κ2) is 9.87. The second-order valence-electron chi connectivity index (χ2n) is 7.67. The van der Waals surface area contributed by atoms with Gasteiger partial charge in [0.25, 0.3) is 5.91 Å². The van der Waals surface area contributed by atoms with E-state index in [1.807, 2.05) is 20.8 Å². The van der Waals surface area contributed by atoms with Crippen molar-refractivity contribution >= 4 is 23.9 Å². The first kappa shape index (κ1) is 22.9. The molecule has 30 heavy (non-hydrogen) atoms. The minimum absolute atomic E-state index is 0.144. The summed E-state index contributed by atoms with van der Waals surface area (Å²) in [6, 6.07) is 9.34. The van der Waals surface area contributed by atoms with Crippen LogP contribution >= 0.6 is 0 Å². The van der Waals surface area contributed by atoms with E-state index in [4.69, 9.17) is 9.15 Å². The molecule has 2 amide bonds. The van der Waals surface area contributed by atoms with Crippen molar-refractivity contribution in [3.8, 4) is 11.3 Å². The molecule has 1 aromatic carbocycles. The van der Waals surface area contributed by atoms with Crippen molar-refractivity contribution in [3.05, 3.63) is 54.1 Å². The molecule has 2 aromatic rings. The number of benzene rings is 1. The molecule has 0 aliphatic rings. The summed E-state index contributed by atoms with van der Waals surface area (Å²) < 4.78 is 24.2. The third-order valence-electron chi connectivity index (χ3n) is 3.81. The number of halogens is 1. The number of carbonyl (C=O) groups is 3. The van der Waals surface area contributed by atoms with Crippen LogP contribution in [-0.4, -0.2) is 48.4 Å². The van der Waals surface area contributed by atoms with Gasteiger partial charge in [-0.25, -0.2) is 9.18 Å². The molecule has 0 atom stereocenters. The number of nitrogens with zero attached hydrogens (tertiary/aromatic N) is 1. The molecule has 0 saturated heterocycles. The SMILES string of the molecule is CN(CC(=O)NC(C)(C)C)C(=O)COC(=O)/C=C/c1ccc(-c2ccccc2F)o1. The molecule has 2 rings (SSSR count). The number of esters is 1. The number of nitrogens with one attached hydrogen (secondary N) is 1. The lowest BCUT2D eigenvalue weighted by Crippen LogP contribution is -2.46. The molecule has 1 aromatic heterocycles. The highest BCUT2D eigenvalue weighted by atomic mass is 19.1. The molecular weight excluding hydrogens is 391 g/mol. The van der Waals surface area contributed by atoms with E-state index in [-0.39, 0.29) is 12.5 Å². The molecule has 0 unspecified atom stereocenters. The van der Waals surface area contributed by atoms with Gasteiger partial charge in [-0.15, -0.1) is 0 Å². The van der Waals surface area contributed by atoms with Crippen molar-refractivity contribution in [2.24, 2.45) is 0 Å². The van der Waals surface area contributed by atoms with E-state index in [1.54, 1.807) is 30.3 Å². The van der Waals surface area contributed by atoms with Crippen molar-refractivity contribution in [3.63, 3.8) is 0 Å². The Balaban J connectivity index is 1.83. The topological polar surface area (TPSA) is 88.9 Å². The number of hydrogen-bond donors (Lipinski definition) is 1. The standard InChI is InChI=1S/C22H25FN2O5/c1-22(2,3)24-19(26)13-25(4)20(27)14-29-21(28)12-10-15-9-11-18(30-15)16-7-5-6-8-17(16)23/h5-12H,13-14H2,1-4H3,(H,24,26)/b12-10+. The predicted molar refractivity (Wildman–Crippen MR) is 110 cm³/mol. The summed E-state index contributed by atoms with van der Waals surface area (Å²) in [6.45, 7) is 4.85. The van der Waals surface area contributed by atoms with E-state index in [1.165, 1.54) is 24.1 Å². The smallest absolute Gasteiger partial charge is 0.331 e. The maximum atomic E-state index is 13.8. The monoisotopic (exact) mass is 416 g/mol. The van der Waals surface area contributed by atoms with Crippen LogP contribution in [0.25, 0.3) is 17.4 Å². The van der Waals surface area contributed by atoms with Gasteiger partial charge in [-0.2, -0.15) is 0 Å². The van der Waals surface area contributed by atoms with Gasteiger partial charge >= 0.3 is 5.97 Å². The zero-order valence-electron chi connectivity index (χ0n) is 17.4. The van der Waals surface area contributed by atoms with Crippen LogP contribution in [0.2, 0.25) is 0 Å². The van der Waals surface area contributed by atoms with Crippen molar-refractivity contribution in [2.45, 2.75) is 26.3 Å². The summed E-state index contributed by atoms with van der Waals surface area (Å²) in [6.07, 6.45) is 2.46. The van der Waals surface area contributed by atoms with Crippen LogP contribution in [0.4, 0.5) is 4.39 Å². The third kappa shape index (κ3) is 7.20. The van der Waals surface area contributed by atoms with Crippen LogP contribution in [0.3, 0.4) is 0 Å². The van der Waals surface area contributed by atoms with Crippen LogP contribution in [-0.2, 0) is 19.1 Å². The highest BCUT2D eigenvalue weighted by Gasteiger charge is 2.18. The summed E-state index contributed by atoms with van der Waals surface area (Å²) in [7, 11) is 1.45. The van der Waals surface area contributed by atoms with Gasteiger partial charge in [0.2, 0.25) is 5.91 Å². The zero-order valence-corrected chi connectivity index (χ0v) is 17.4. The van der Waals surface area contributed by atoms with Gasteiger partial charge in [0.05, 0.1) is 12.1 Å². The van der Waals surface area contributed by atoms with Crippen LogP contribution in [0, 0.1) is 5.82 Å². The molecule has 1 heterocycles. The third-order valence-corrected chi connectivity index (χ3v) is 3.81. The maximum Gasteiger partial charge on any atom is 0.331 e. The fourth-order valence-corrected chi connectivity index (χ4v) is 2.45. The molecule has 0 saturated carbocycles. The van der Waals surface area contributed by atoms with Crippen LogP contribution in [0.15, 0.2) is 46.9 Å².